The lowest BCUT2D eigenvalue weighted by Crippen LogP contribution is -3.19. The molecule has 152 valence electrons. The van der Waals surface area contributed by atoms with Crippen LogP contribution in [0.25, 0.3) is 0 Å². The number of para-hydroxylation sites is 1. The molecule has 9 heteroatoms. The molecular formula is C20H22FN4O3S+. The van der Waals surface area contributed by atoms with Gasteiger partial charge in [0.1, 0.15) is 11.9 Å². The van der Waals surface area contributed by atoms with E-state index in [0.717, 1.165) is 4.90 Å². The number of nitrogens with one attached hydrogen (secondary N) is 2. The molecule has 1 saturated heterocycles. The summed E-state index contributed by atoms with van der Waals surface area (Å²) in [5.41, 5.74) is 0.234. The average Bonchev–Trinajstić information content (AvgIpc) is 2.74. The summed E-state index contributed by atoms with van der Waals surface area (Å²) in [6, 6.07) is 13.5. The Labute approximate surface area is 169 Å². The Morgan fingerprint density at radius 1 is 1.17 bits per heavy atom. The maximum Gasteiger partial charge on any atom is 0.282 e. The van der Waals surface area contributed by atoms with Gasteiger partial charge in [0.25, 0.3) is 5.91 Å². The second kappa shape index (κ2) is 8.69. The highest BCUT2D eigenvalue weighted by atomic mass is 32.2. The van der Waals surface area contributed by atoms with Gasteiger partial charge in [-0.1, -0.05) is 24.3 Å². The maximum atomic E-state index is 13.7. The summed E-state index contributed by atoms with van der Waals surface area (Å²) in [6.07, 6.45) is 0. The number of carbonyl (C=O) groups is 1. The van der Waals surface area contributed by atoms with E-state index in [1.165, 1.54) is 28.6 Å². The van der Waals surface area contributed by atoms with E-state index in [4.69, 9.17) is 0 Å². The van der Waals surface area contributed by atoms with Crippen LogP contribution in [0.5, 0.6) is 0 Å². The summed E-state index contributed by atoms with van der Waals surface area (Å²) in [5, 5.41) is 11.8. The molecule has 0 aliphatic carbocycles. The van der Waals surface area contributed by atoms with Gasteiger partial charge in [-0.05, 0) is 31.2 Å². The number of carbonyl (C=O) groups excluding carboxylic acids is 1. The van der Waals surface area contributed by atoms with Crippen molar-refractivity contribution in [2.45, 2.75) is 17.9 Å². The molecule has 2 aromatic carbocycles. The van der Waals surface area contributed by atoms with Gasteiger partial charge in [0.15, 0.2) is 6.04 Å². The molecule has 1 amide bonds. The number of anilines is 1. The minimum absolute atomic E-state index is 0.00343. The first-order chi connectivity index (χ1) is 13.8. The molecule has 0 radical (unpaired) electrons. The zero-order valence-electron chi connectivity index (χ0n) is 15.9. The molecular weight excluding hydrogens is 395 g/mol. The molecule has 0 aromatic heterocycles. The SMILES string of the molecule is C[C@@H](C(=O)Nc1ccccc1F)[NH+]1CCN(S(=O)(=O)c2ccccc2C#N)CC1. The van der Waals surface area contributed by atoms with Crippen LogP contribution in [-0.4, -0.2) is 50.9 Å². The smallest absolute Gasteiger partial charge is 0.282 e. The lowest BCUT2D eigenvalue weighted by Gasteiger charge is -2.34. The summed E-state index contributed by atoms with van der Waals surface area (Å²) < 4.78 is 40.9. The van der Waals surface area contributed by atoms with Crippen molar-refractivity contribution in [3.63, 3.8) is 0 Å². The summed E-state index contributed by atoms with van der Waals surface area (Å²) in [5.74, 6) is -0.827. The zero-order valence-corrected chi connectivity index (χ0v) is 16.7. The highest BCUT2D eigenvalue weighted by Crippen LogP contribution is 2.19. The largest absolute Gasteiger partial charge is 0.323 e. The van der Waals surface area contributed by atoms with E-state index in [0.29, 0.717) is 13.1 Å². The van der Waals surface area contributed by atoms with Crippen LogP contribution in [0.15, 0.2) is 53.4 Å². The first-order valence-electron chi connectivity index (χ1n) is 9.24. The molecule has 1 heterocycles. The van der Waals surface area contributed by atoms with E-state index in [9.17, 15) is 22.9 Å². The molecule has 1 aliphatic rings. The summed E-state index contributed by atoms with van der Waals surface area (Å²) in [4.78, 5) is 13.4. The number of rotatable bonds is 5. The van der Waals surface area contributed by atoms with Crippen LogP contribution < -0.4 is 10.2 Å². The molecule has 2 aromatic rings. The molecule has 1 fully saturated rings. The molecule has 0 saturated carbocycles. The molecule has 0 spiro atoms. The van der Waals surface area contributed by atoms with Crippen molar-refractivity contribution in [1.82, 2.24) is 4.31 Å². The fraction of sp³-hybridized carbons (Fsp3) is 0.300. The van der Waals surface area contributed by atoms with Crippen molar-refractivity contribution in [3.05, 3.63) is 59.9 Å². The molecule has 0 unspecified atom stereocenters. The normalized spacial score (nSPS) is 16.7. The summed E-state index contributed by atoms with van der Waals surface area (Å²) in [6.45, 7) is 3.06. The Morgan fingerprint density at radius 2 is 1.79 bits per heavy atom. The highest BCUT2D eigenvalue weighted by Gasteiger charge is 2.35. The summed E-state index contributed by atoms with van der Waals surface area (Å²) in [7, 11) is -3.78. The van der Waals surface area contributed by atoms with Crippen LogP contribution in [0.1, 0.15) is 12.5 Å². The molecule has 1 atom stereocenters. The van der Waals surface area contributed by atoms with Crippen LogP contribution >= 0.6 is 0 Å². The Kier molecular flexibility index (Phi) is 6.27. The van der Waals surface area contributed by atoms with E-state index >= 15 is 0 Å². The number of hydrogen-bond donors (Lipinski definition) is 2. The first-order valence-corrected chi connectivity index (χ1v) is 10.7. The third-order valence-corrected chi connectivity index (χ3v) is 7.08. The Morgan fingerprint density at radius 3 is 2.45 bits per heavy atom. The number of hydrogen-bond acceptors (Lipinski definition) is 4. The lowest BCUT2D eigenvalue weighted by atomic mass is 10.2. The Balaban J connectivity index is 1.65. The van der Waals surface area contributed by atoms with Gasteiger partial charge in [-0.3, -0.25) is 4.79 Å². The fourth-order valence-electron chi connectivity index (χ4n) is 3.36. The number of piperazine rings is 1. The van der Waals surface area contributed by atoms with Gasteiger partial charge in [-0.15, -0.1) is 0 Å². The van der Waals surface area contributed by atoms with E-state index < -0.39 is 21.9 Å². The van der Waals surface area contributed by atoms with E-state index in [-0.39, 0.29) is 35.1 Å². The van der Waals surface area contributed by atoms with Crippen LogP contribution in [0.2, 0.25) is 0 Å². The number of quaternary nitrogens is 1. The first kappa shape index (κ1) is 20.9. The van der Waals surface area contributed by atoms with Crippen LogP contribution in [0.4, 0.5) is 10.1 Å². The standard InChI is InChI=1S/C20H21FN4O3S/c1-15(20(26)23-18-8-4-3-7-17(18)21)24-10-12-25(13-11-24)29(27,28)19-9-5-2-6-16(19)14-22/h2-9,15H,10-13H2,1H3,(H,23,26)/p+1/t15-/m0/s1. The Hall–Kier alpha value is -2.80. The third-order valence-electron chi connectivity index (χ3n) is 5.13. The van der Waals surface area contributed by atoms with Crippen molar-refractivity contribution in [3.8, 4) is 6.07 Å². The summed E-state index contributed by atoms with van der Waals surface area (Å²) >= 11 is 0. The van der Waals surface area contributed by atoms with Gasteiger partial charge < -0.3 is 10.2 Å². The van der Waals surface area contributed by atoms with Crippen LogP contribution in [0, 0.1) is 17.1 Å². The minimum atomic E-state index is -3.78. The molecule has 3 rings (SSSR count). The number of sulfonamides is 1. The molecule has 29 heavy (non-hydrogen) atoms. The van der Waals surface area contributed by atoms with Gasteiger partial charge in [0, 0.05) is 0 Å². The van der Waals surface area contributed by atoms with Crippen molar-refractivity contribution in [1.29, 1.82) is 5.26 Å². The van der Waals surface area contributed by atoms with E-state index in [1.807, 2.05) is 6.07 Å². The molecule has 2 N–H and O–H groups in total. The molecule has 1 aliphatic heterocycles. The van der Waals surface area contributed by atoms with E-state index in [2.05, 4.69) is 5.32 Å². The lowest BCUT2D eigenvalue weighted by molar-refractivity contribution is -0.917. The van der Waals surface area contributed by atoms with Crippen molar-refractivity contribution in [2.75, 3.05) is 31.5 Å². The van der Waals surface area contributed by atoms with Gasteiger partial charge in [0.2, 0.25) is 10.0 Å². The third kappa shape index (κ3) is 4.45. The fourth-order valence-corrected chi connectivity index (χ4v) is 4.94. The zero-order chi connectivity index (χ0) is 21.0. The van der Waals surface area contributed by atoms with Crippen LogP contribution in [0.3, 0.4) is 0 Å². The predicted molar refractivity (Wildman–Crippen MR) is 105 cm³/mol. The quantitative estimate of drug-likeness (QED) is 0.746. The number of benzene rings is 2. The van der Waals surface area contributed by atoms with E-state index in [1.54, 1.807) is 31.2 Å². The molecule has 7 nitrogen and oxygen atoms in total. The highest BCUT2D eigenvalue weighted by molar-refractivity contribution is 7.89. The van der Waals surface area contributed by atoms with Crippen molar-refractivity contribution >= 4 is 21.6 Å². The Bertz CT molecular complexity index is 1040. The van der Waals surface area contributed by atoms with Gasteiger partial charge in [-0.2, -0.15) is 9.57 Å². The van der Waals surface area contributed by atoms with Gasteiger partial charge in [0.05, 0.1) is 42.3 Å². The molecule has 0 bridgehead atoms. The van der Waals surface area contributed by atoms with Crippen molar-refractivity contribution < 1.29 is 22.5 Å². The number of amides is 1. The minimum Gasteiger partial charge on any atom is -0.323 e. The second-order valence-electron chi connectivity index (χ2n) is 6.86. The average molecular weight is 417 g/mol. The second-order valence-corrected chi connectivity index (χ2v) is 8.77. The van der Waals surface area contributed by atoms with Gasteiger partial charge in [-0.25, -0.2) is 12.8 Å². The van der Waals surface area contributed by atoms with Crippen molar-refractivity contribution in [2.24, 2.45) is 0 Å². The predicted octanol–water partition coefficient (Wildman–Crippen LogP) is 0.614. The van der Waals surface area contributed by atoms with Gasteiger partial charge >= 0.3 is 0 Å². The topological polar surface area (TPSA) is 94.7 Å². The monoisotopic (exact) mass is 417 g/mol. The number of nitrogens with zero attached hydrogens (tertiary/aromatic N) is 2. The van der Waals surface area contributed by atoms with Crippen LogP contribution in [-0.2, 0) is 14.8 Å². The number of nitriles is 1. The maximum absolute atomic E-state index is 13.7. The number of halogens is 1.